The first-order valence-electron chi connectivity index (χ1n) is 12.5. The Kier molecular flexibility index (Phi) is 10.9. The quantitative estimate of drug-likeness (QED) is 0.128. The molecule has 4 amide bonds. The highest BCUT2D eigenvalue weighted by atomic mass is 32.2. The van der Waals surface area contributed by atoms with Crippen LogP contribution in [0, 0.1) is 5.41 Å². The fourth-order valence-electron chi connectivity index (χ4n) is 4.13. The summed E-state index contributed by atoms with van der Waals surface area (Å²) in [5.41, 5.74) is 13.3. The van der Waals surface area contributed by atoms with Crippen molar-refractivity contribution in [3.63, 3.8) is 0 Å². The van der Waals surface area contributed by atoms with Gasteiger partial charge in [0.05, 0.1) is 0 Å². The molecule has 0 aromatic heterocycles. The molecule has 2 aromatic rings. The monoisotopic (exact) mass is 540 g/mol. The lowest BCUT2D eigenvalue weighted by Crippen LogP contribution is -2.52. The number of carbonyl (C=O) groups is 3. The standard InChI is InChI=1S/C26H36N8O3S/c1-30-26(37)32-19-9-12-34(13-10-19)25(36)22(15-17-4-2-5-18(14-17)24(28)29)33-38-21-7-3-6-20(16-21)31-23(35)8-11-27/h2-7,14,16,19,22,33H,8-13,15,27H2,1H3,(H3,28,29)(H,31,35)(H2,30,32,37). The number of rotatable bonds is 11. The summed E-state index contributed by atoms with van der Waals surface area (Å²) in [6, 6.07) is 13.9. The lowest BCUT2D eigenvalue weighted by Gasteiger charge is -2.34. The maximum atomic E-state index is 13.6. The summed E-state index contributed by atoms with van der Waals surface area (Å²) in [6.07, 6.45) is 1.98. The molecule has 3 rings (SSSR count). The van der Waals surface area contributed by atoms with Crippen molar-refractivity contribution in [1.82, 2.24) is 20.3 Å². The lowest BCUT2D eigenvalue weighted by molar-refractivity contribution is -0.134. The average Bonchev–Trinajstić information content (AvgIpc) is 2.91. The molecule has 9 N–H and O–H groups in total. The average molecular weight is 541 g/mol. The molecule has 0 saturated carbocycles. The van der Waals surface area contributed by atoms with Crippen LogP contribution in [-0.4, -0.2) is 67.3 Å². The molecule has 1 heterocycles. The molecule has 1 unspecified atom stereocenters. The number of piperidine rings is 1. The van der Waals surface area contributed by atoms with E-state index in [9.17, 15) is 14.4 Å². The number of nitrogens with one attached hydrogen (secondary N) is 5. The Morgan fingerprint density at radius 2 is 1.87 bits per heavy atom. The van der Waals surface area contributed by atoms with Crippen LogP contribution in [0.3, 0.4) is 0 Å². The Morgan fingerprint density at radius 3 is 2.55 bits per heavy atom. The molecular weight excluding hydrogens is 504 g/mol. The maximum absolute atomic E-state index is 13.6. The normalized spacial score (nSPS) is 14.4. The molecular formula is C26H36N8O3S. The molecule has 1 atom stereocenters. The van der Waals surface area contributed by atoms with Gasteiger partial charge in [-0.2, -0.15) is 0 Å². The topological polar surface area (TPSA) is 178 Å². The van der Waals surface area contributed by atoms with E-state index in [4.69, 9.17) is 16.9 Å². The highest BCUT2D eigenvalue weighted by molar-refractivity contribution is 7.97. The van der Waals surface area contributed by atoms with Gasteiger partial charge in [-0.15, -0.1) is 0 Å². The van der Waals surface area contributed by atoms with Crippen LogP contribution in [0.1, 0.15) is 30.4 Å². The fourth-order valence-corrected chi connectivity index (χ4v) is 4.93. The first kappa shape index (κ1) is 29.0. The van der Waals surface area contributed by atoms with Gasteiger partial charge in [0.25, 0.3) is 0 Å². The van der Waals surface area contributed by atoms with Gasteiger partial charge in [-0.1, -0.05) is 24.3 Å². The molecule has 0 radical (unpaired) electrons. The van der Waals surface area contributed by atoms with Gasteiger partial charge in [-0.25, -0.2) is 9.52 Å². The van der Waals surface area contributed by atoms with Gasteiger partial charge in [0, 0.05) is 55.3 Å². The SMILES string of the molecule is CNC(=O)NC1CCN(C(=O)C(Cc2cccc(C(=N)N)c2)NSc2cccc(NC(=O)CCN)c2)CC1. The molecule has 1 saturated heterocycles. The van der Waals surface area contributed by atoms with E-state index >= 15 is 0 Å². The number of amides is 4. The number of anilines is 1. The van der Waals surface area contributed by atoms with Crippen molar-refractivity contribution in [2.24, 2.45) is 11.5 Å². The summed E-state index contributed by atoms with van der Waals surface area (Å²) < 4.78 is 3.32. The summed E-state index contributed by atoms with van der Waals surface area (Å²) in [4.78, 5) is 39.8. The first-order chi connectivity index (χ1) is 18.3. The fraction of sp³-hybridized carbons (Fsp3) is 0.385. The minimum atomic E-state index is -0.554. The smallest absolute Gasteiger partial charge is 0.314 e. The summed E-state index contributed by atoms with van der Waals surface area (Å²) in [5, 5.41) is 16.0. The van der Waals surface area contributed by atoms with Crippen molar-refractivity contribution in [1.29, 1.82) is 5.41 Å². The summed E-state index contributed by atoms with van der Waals surface area (Å²) in [5.74, 6) is -0.233. The van der Waals surface area contributed by atoms with E-state index in [2.05, 4.69) is 20.7 Å². The molecule has 1 fully saturated rings. The van der Waals surface area contributed by atoms with Crippen molar-refractivity contribution in [3.8, 4) is 0 Å². The number of nitrogens with zero attached hydrogens (tertiary/aromatic N) is 1. The number of likely N-dealkylation sites (tertiary alicyclic amines) is 1. The number of carbonyl (C=O) groups excluding carboxylic acids is 3. The highest BCUT2D eigenvalue weighted by Gasteiger charge is 2.29. The van der Waals surface area contributed by atoms with Crippen molar-refractivity contribution < 1.29 is 14.4 Å². The van der Waals surface area contributed by atoms with E-state index in [0.29, 0.717) is 43.6 Å². The Morgan fingerprint density at radius 1 is 1.13 bits per heavy atom. The van der Waals surface area contributed by atoms with E-state index in [0.717, 1.165) is 10.5 Å². The number of nitrogen functional groups attached to an aromatic ring is 1. The van der Waals surface area contributed by atoms with Crippen molar-refractivity contribution in [2.45, 2.75) is 42.7 Å². The second-order valence-corrected chi connectivity index (χ2v) is 9.94. The van der Waals surface area contributed by atoms with Crippen molar-refractivity contribution in [3.05, 3.63) is 59.7 Å². The van der Waals surface area contributed by atoms with Crippen molar-refractivity contribution in [2.75, 3.05) is 32.0 Å². The number of amidine groups is 1. The Bertz CT molecular complexity index is 1140. The van der Waals surface area contributed by atoms with E-state index in [1.807, 2.05) is 41.3 Å². The number of hydrogen-bond acceptors (Lipinski definition) is 7. The lowest BCUT2D eigenvalue weighted by atomic mass is 10.0. The van der Waals surface area contributed by atoms with Gasteiger partial charge < -0.3 is 32.3 Å². The zero-order chi connectivity index (χ0) is 27.5. The largest absolute Gasteiger partial charge is 0.384 e. The van der Waals surface area contributed by atoms with Crippen LogP contribution in [0.25, 0.3) is 0 Å². The third kappa shape index (κ3) is 8.75. The molecule has 0 bridgehead atoms. The molecule has 1 aliphatic heterocycles. The van der Waals surface area contributed by atoms with Crippen LogP contribution in [0.15, 0.2) is 53.4 Å². The number of hydrogen-bond donors (Lipinski definition) is 7. The molecule has 2 aromatic carbocycles. The summed E-state index contributed by atoms with van der Waals surface area (Å²) in [7, 11) is 1.58. The Balaban J connectivity index is 1.71. The molecule has 11 nitrogen and oxygen atoms in total. The predicted molar refractivity (Wildman–Crippen MR) is 150 cm³/mol. The van der Waals surface area contributed by atoms with E-state index in [1.54, 1.807) is 19.2 Å². The van der Waals surface area contributed by atoms with E-state index in [-0.39, 0.29) is 42.7 Å². The molecule has 1 aliphatic rings. The molecule has 204 valence electrons. The molecule has 0 spiro atoms. The molecule has 38 heavy (non-hydrogen) atoms. The van der Waals surface area contributed by atoms with Crippen LogP contribution in [0.2, 0.25) is 0 Å². The first-order valence-corrected chi connectivity index (χ1v) is 13.3. The van der Waals surface area contributed by atoms with E-state index < -0.39 is 6.04 Å². The third-order valence-corrected chi connectivity index (χ3v) is 7.05. The van der Waals surface area contributed by atoms with Gasteiger partial charge in [-0.3, -0.25) is 15.0 Å². The minimum absolute atomic E-state index is 0.0178. The third-order valence-electron chi connectivity index (χ3n) is 6.15. The second kappa shape index (κ2) is 14.4. The van der Waals surface area contributed by atoms with Gasteiger partial charge in [0.1, 0.15) is 11.9 Å². The Hall–Kier alpha value is -3.61. The van der Waals surface area contributed by atoms with Gasteiger partial charge in [-0.05, 0) is 61.0 Å². The molecule has 0 aliphatic carbocycles. The van der Waals surface area contributed by atoms with Crippen LogP contribution in [0.4, 0.5) is 10.5 Å². The summed E-state index contributed by atoms with van der Waals surface area (Å²) in [6.45, 7) is 1.34. The van der Waals surface area contributed by atoms with Gasteiger partial charge in [0.15, 0.2) is 0 Å². The highest BCUT2D eigenvalue weighted by Crippen LogP contribution is 2.22. The van der Waals surface area contributed by atoms with E-state index in [1.165, 1.54) is 11.9 Å². The van der Waals surface area contributed by atoms with Crippen LogP contribution in [-0.2, 0) is 16.0 Å². The number of benzene rings is 2. The second-order valence-electron chi connectivity index (χ2n) is 9.03. The van der Waals surface area contributed by atoms with Crippen LogP contribution in [0.5, 0.6) is 0 Å². The minimum Gasteiger partial charge on any atom is -0.384 e. The number of nitrogens with two attached hydrogens (primary N) is 2. The van der Waals surface area contributed by atoms with Gasteiger partial charge in [0.2, 0.25) is 11.8 Å². The zero-order valence-corrected chi connectivity index (χ0v) is 22.3. The maximum Gasteiger partial charge on any atom is 0.314 e. The van der Waals surface area contributed by atoms with Crippen molar-refractivity contribution >= 4 is 41.3 Å². The Labute approximate surface area is 227 Å². The van der Waals surface area contributed by atoms with Crippen LogP contribution < -0.4 is 32.1 Å². The molecule has 12 heteroatoms. The predicted octanol–water partition coefficient (Wildman–Crippen LogP) is 1.39. The van der Waals surface area contributed by atoms with Gasteiger partial charge >= 0.3 is 6.03 Å². The zero-order valence-electron chi connectivity index (χ0n) is 21.5. The number of urea groups is 1. The van der Waals surface area contributed by atoms with Crippen LogP contribution >= 0.6 is 11.9 Å². The summed E-state index contributed by atoms with van der Waals surface area (Å²) >= 11 is 1.31.